The Morgan fingerprint density at radius 3 is 2.48 bits per heavy atom. The quantitative estimate of drug-likeness (QED) is 0.241. The van der Waals surface area contributed by atoms with Crippen LogP contribution < -0.4 is 5.32 Å². The molecule has 0 saturated heterocycles. The van der Waals surface area contributed by atoms with E-state index in [1.165, 1.54) is 38.5 Å². The highest BCUT2D eigenvalue weighted by molar-refractivity contribution is 7.98. The number of nitrogens with one attached hydrogen (secondary N) is 1. The third-order valence-corrected chi connectivity index (χ3v) is 9.00. The zero-order chi connectivity index (χ0) is 28.3. The number of thioether (sulfide) groups is 1. The molecule has 4 rings (SSSR count). The van der Waals surface area contributed by atoms with Crippen LogP contribution in [0, 0.1) is 12.8 Å². The van der Waals surface area contributed by atoms with Gasteiger partial charge in [-0.2, -0.15) is 11.8 Å². The number of rotatable bonds is 15. The Hall–Kier alpha value is -2.35. The monoisotopic (exact) mass is 567 g/mol. The second-order valence-electron chi connectivity index (χ2n) is 11.4. The summed E-state index contributed by atoms with van der Waals surface area (Å²) in [6, 6.07) is 12.8. The molecule has 2 aromatic carbocycles. The third kappa shape index (κ3) is 8.82. The predicted molar refractivity (Wildman–Crippen MR) is 162 cm³/mol. The summed E-state index contributed by atoms with van der Waals surface area (Å²) in [6.07, 6.45) is 13.8. The maximum absolute atomic E-state index is 13.4. The average molecular weight is 568 g/mol. The Balaban J connectivity index is 1.52. The van der Waals surface area contributed by atoms with E-state index in [2.05, 4.69) is 5.32 Å². The normalized spacial score (nSPS) is 17.6. The van der Waals surface area contributed by atoms with Gasteiger partial charge in [0.2, 0.25) is 0 Å². The zero-order valence-corrected chi connectivity index (χ0v) is 24.8. The molecule has 1 amide bonds. The second-order valence-corrected chi connectivity index (χ2v) is 12.4. The molecule has 2 fully saturated rings. The summed E-state index contributed by atoms with van der Waals surface area (Å²) < 4.78 is 12.7. The van der Waals surface area contributed by atoms with Crippen molar-refractivity contribution in [3.8, 4) is 11.1 Å². The zero-order valence-electron chi connectivity index (χ0n) is 24.0. The molecule has 7 heteroatoms. The summed E-state index contributed by atoms with van der Waals surface area (Å²) in [6.45, 7) is 3.10. The van der Waals surface area contributed by atoms with Crippen molar-refractivity contribution in [1.82, 2.24) is 5.32 Å². The number of aryl methyl sites for hydroxylation is 1. The fourth-order valence-corrected chi connectivity index (χ4v) is 6.15. The first kappa shape index (κ1) is 30.6. The van der Waals surface area contributed by atoms with Gasteiger partial charge in [0, 0.05) is 5.56 Å². The number of ether oxygens (including phenoxy) is 2. The minimum atomic E-state index is -1.02. The van der Waals surface area contributed by atoms with E-state index in [9.17, 15) is 14.7 Å². The van der Waals surface area contributed by atoms with Gasteiger partial charge in [-0.1, -0.05) is 62.4 Å². The summed E-state index contributed by atoms with van der Waals surface area (Å²) >= 11 is 1.56. The molecule has 2 unspecified atom stereocenters. The number of carbonyl (C=O) groups is 2. The van der Waals surface area contributed by atoms with Gasteiger partial charge in [0.05, 0.1) is 25.4 Å². The van der Waals surface area contributed by atoms with Gasteiger partial charge < -0.3 is 19.9 Å². The summed E-state index contributed by atoms with van der Waals surface area (Å²) in [5, 5.41) is 12.4. The highest BCUT2D eigenvalue weighted by atomic mass is 32.2. The lowest BCUT2D eigenvalue weighted by Gasteiger charge is -2.30. The van der Waals surface area contributed by atoms with Crippen molar-refractivity contribution in [2.24, 2.45) is 5.92 Å². The van der Waals surface area contributed by atoms with Crippen molar-refractivity contribution < 1.29 is 24.2 Å². The Bertz CT molecular complexity index is 1110. The van der Waals surface area contributed by atoms with Crippen LogP contribution in [0.4, 0.5) is 0 Å². The molecule has 0 spiro atoms. The summed E-state index contributed by atoms with van der Waals surface area (Å²) in [5.74, 6) is -0.0306. The number of carboxylic acid groups (broad SMARTS) is 1. The highest BCUT2D eigenvalue weighted by Gasteiger charge is 2.25. The summed E-state index contributed by atoms with van der Waals surface area (Å²) in [4.78, 5) is 25.2. The van der Waals surface area contributed by atoms with Gasteiger partial charge in [0.1, 0.15) is 6.04 Å². The number of carbonyl (C=O) groups excluding carboxylic acids is 1. The third-order valence-electron chi connectivity index (χ3n) is 8.35. The van der Waals surface area contributed by atoms with Crippen molar-refractivity contribution in [2.45, 2.75) is 96.0 Å². The van der Waals surface area contributed by atoms with Crippen LogP contribution in [-0.4, -0.2) is 53.8 Å². The minimum absolute atomic E-state index is 0.0568. The van der Waals surface area contributed by atoms with Crippen molar-refractivity contribution in [3.05, 3.63) is 59.2 Å². The molecule has 0 aromatic heterocycles. The smallest absolute Gasteiger partial charge is 0.326 e. The molecular weight excluding hydrogens is 522 g/mol. The Morgan fingerprint density at radius 1 is 1.02 bits per heavy atom. The van der Waals surface area contributed by atoms with E-state index in [-0.39, 0.29) is 12.0 Å². The fourth-order valence-electron chi connectivity index (χ4n) is 5.68. The van der Waals surface area contributed by atoms with Crippen molar-refractivity contribution in [3.63, 3.8) is 0 Å². The van der Waals surface area contributed by atoms with E-state index in [4.69, 9.17) is 9.47 Å². The van der Waals surface area contributed by atoms with E-state index in [1.54, 1.807) is 11.8 Å². The lowest BCUT2D eigenvalue weighted by Crippen LogP contribution is -2.41. The Morgan fingerprint density at radius 2 is 1.80 bits per heavy atom. The van der Waals surface area contributed by atoms with E-state index in [0.717, 1.165) is 41.5 Å². The van der Waals surface area contributed by atoms with Gasteiger partial charge in [-0.05, 0) is 91.3 Å². The topological polar surface area (TPSA) is 84.9 Å². The Labute approximate surface area is 243 Å². The largest absolute Gasteiger partial charge is 0.480 e. The molecule has 0 bridgehead atoms. The van der Waals surface area contributed by atoms with Gasteiger partial charge in [-0.25, -0.2) is 4.79 Å². The molecule has 40 heavy (non-hydrogen) atoms. The molecule has 218 valence electrons. The molecule has 0 heterocycles. The fraction of sp³-hybridized carbons (Fsp3) is 0.576. The van der Waals surface area contributed by atoms with Crippen LogP contribution in [0.2, 0.25) is 0 Å². The van der Waals surface area contributed by atoms with E-state index >= 15 is 0 Å². The number of carboxylic acids is 1. The maximum atomic E-state index is 13.4. The molecule has 2 aliphatic carbocycles. The van der Waals surface area contributed by atoms with Crippen LogP contribution in [0.15, 0.2) is 42.5 Å². The number of benzene rings is 2. The highest BCUT2D eigenvalue weighted by Crippen LogP contribution is 2.31. The van der Waals surface area contributed by atoms with E-state index in [0.29, 0.717) is 43.0 Å². The summed E-state index contributed by atoms with van der Waals surface area (Å²) in [5.41, 5.74) is 4.26. The molecule has 0 aliphatic heterocycles. The number of aliphatic carboxylic acids is 1. The number of amides is 1. The average Bonchev–Trinajstić information content (AvgIpc) is 2.93. The van der Waals surface area contributed by atoms with Gasteiger partial charge >= 0.3 is 5.97 Å². The van der Waals surface area contributed by atoms with Crippen molar-refractivity contribution in [2.75, 3.05) is 18.6 Å². The Kier molecular flexibility index (Phi) is 11.9. The molecule has 2 saturated carbocycles. The number of hydrogen-bond donors (Lipinski definition) is 2. The minimum Gasteiger partial charge on any atom is -0.480 e. The summed E-state index contributed by atoms with van der Waals surface area (Å²) in [7, 11) is 0. The van der Waals surface area contributed by atoms with Crippen LogP contribution in [0.1, 0.15) is 85.7 Å². The van der Waals surface area contributed by atoms with Gasteiger partial charge in [0.25, 0.3) is 5.91 Å². The molecule has 0 radical (unpaired) electrons. The maximum Gasteiger partial charge on any atom is 0.326 e. The number of hydrogen-bond acceptors (Lipinski definition) is 5. The first-order valence-electron chi connectivity index (χ1n) is 14.9. The van der Waals surface area contributed by atoms with Gasteiger partial charge in [-0.15, -0.1) is 0 Å². The lowest BCUT2D eigenvalue weighted by atomic mass is 9.85. The van der Waals surface area contributed by atoms with Gasteiger partial charge in [-0.3, -0.25) is 4.79 Å². The second kappa shape index (κ2) is 15.6. The van der Waals surface area contributed by atoms with Crippen LogP contribution in [0.3, 0.4) is 0 Å². The first-order valence-corrected chi connectivity index (χ1v) is 16.3. The molecule has 2 atom stereocenters. The van der Waals surface area contributed by atoms with Crippen molar-refractivity contribution in [1.29, 1.82) is 0 Å². The lowest BCUT2D eigenvalue weighted by molar-refractivity contribution is -0.139. The van der Waals surface area contributed by atoms with Crippen molar-refractivity contribution >= 4 is 23.6 Å². The standard InChI is InChI=1S/C33H45NO5S/c1-23-9-6-7-14-28(23)30-20-25(15-16-29(30)32(35)34-31(33(36)37)17-18-40-2)21-38-27(22-39-26-12-8-13-26)19-24-10-4-3-5-11-24/h6-7,9,14-16,20,24,26-27,31H,3-5,8,10-13,17-19,21-22H2,1-2H3,(H,34,35)(H,36,37). The SMILES string of the molecule is CSCCC(NC(=O)c1ccc(COC(COC2CCC2)CC2CCCCC2)cc1-c1ccccc1C)C(=O)O. The molecule has 2 aliphatic rings. The van der Waals surface area contributed by atoms with E-state index < -0.39 is 12.0 Å². The van der Waals surface area contributed by atoms with Crippen LogP contribution in [0.25, 0.3) is 11.1 Å². The molecular formula is C33H45NO5S. The van der Waals surface area contributed by atoms with Gasteiger partial charge in [0.15, 0.2) is 0 Å². The van der Waals surface area contributed by atoms with Crippen LogP contribution >= 0.6 is 11.8 Å². The molecule has 2 aromatic rings. The van der Waals surface area contributed by atoms with Crippen LogP contribution in [-0.2, 0) is 20.9 Å². The van der Waals surface area contributed by atoms with Crippen LogP contribution in [0.5, 0.6) is 0 Å². The molecule has 6 nitrogen and oxygen atoms in total. The van der Waals surface area contributed by atoms with E-state index in [1.807, 2.05) is 55.6 Å². The molecule has 2 N–H and O–H groups in total. The first-order chi connectivity index (χ1) is 19.4. The predicted octanol–water partition coefficient (Wildman–Crippen LogP) is 7.02.